The topological polar surface area (TPSA) is 97.8 Å². The minimum Gasteiger partial charge on any atom is -0.469 e. The molecule has 7 nitrogen and oxygen atoms in total. The molecule has 0 aliphatic rings. The van der Waals surface area contributed by atoms with Crippen LogP contribution in [0.4, 0.5) is 0 Å². The SMILES string of the molecule is COC(=O)C(C)CN(C)S(=O)(=O)CS(C)(=O)=O. The molecule has 0 bridgehead atoms. The third-order valence-electron chi connectivity index (χ3n) is 1.97. The molecule has 1 atom stereocenters. The maximum absolute atomic E-state index is 11.6. The van der Waals surface area contributed by atoms with Crippen molar-refractivity contribution in [3.05, 3.63) is 0 Å². The number of hydrogen-bond acceptors (Lipinski definition) is 6. The van der Waals surface area contributed by atoms with E-state index in [0.717, 1.165) is 10.6 Å². The van der Waals surface area contributed by atoms with Crippen molar-refractivity contribution in [3.63, 3.8) is 0 Å². The number of hydrogen-bond donors (Lipinski definition) is 0. The minimum absolute atomic E-state index is 0.121. The molecule has 0 N–H and O–H groups in total. The number of carbonyl (C=O) groups excluding carboxylic acids is 1. The summed E-state index contributed by atoms with van der Waals surface area (Å²) in [5.41, 5.74) is 0. The molecule has 1 unspecified atom stereocenters. The molecule has 102 valence electrons. The summed E-state index contributed by atoms with van der Waals surface area (Å²) in [4.78, 5) is 11.1. The Kier molecular flexibility index (Phi) is 5.56. The molecular weight excluding hydrogens is 270 g/mol. The maximum atomic E-state index is 11.6. The van der Waals surface area contributed by atoms with E-state index in [2.05, 4.69) is 4.74 Å². The molecule has 9 heteroatoms. The van der Waals surface area contributed by atoms with Gasteiger partial charge in [-0.25, -0.2) is 21.1 Å². The Morgan fingerprint density at radius 3 is 2.12 bits per heavy atom. The lowest BCUT2D eigenvalue weighted by Crippen LogP contribution is -2.37. The highest BCUT2D eigenvalue weighted by molar-refractivity contribution is 8.06. The van der Waals surface area contributed by atoms with Crippen molar-refractivity contribution in [1.82, 2.24) is 4.31 Å². The predicted molar refractivity (Wildman–Crippen MR) is 62.4 cm³/mol. The van der Waals surface area contributed by atoms with Crippen molar-refractivity contribution in [2.24, 2.45) is 5.92 Å². The van der Waals surface area contributed by atoms with Crippen molar-refractivity contribution in [2.45, 2.75) is 6.92 Å². The van der Waals surface area contributed by atoms with Gasteiger partial charge < -0.3 is 4.74 Å². The Balaban J connectivity index is 4.72. The molecule has 0 radical (unpaired) electrons. The van der Waals surface area contributed by atoms with Crippen molar-refractivity contribution in [3.8, 4) is 0 Å². The van der Waals surface area contributed by atoms with Gasteiger partial charge in [0.25, 0.3) is 0 Å². The van der Waals surface area contributed by atoms with Crippen LogP contribution in [0.15, 0.2) is 0 Å². The van der Waals surface area contributed by atoms with Gasteiger partial charge in [-0.05, 0) is 0 Å². The van der Waals surface area contributed by atoms with Crippen LogP contribution in [0, 0.1) is 5.92 Å². The molecule has 0 spiro atoms. The van der Waals surface area contributed by atoms with E-state index < -0.39 is 36.8 Å². The number of sulfone groups is 1. The summed E-state index contributed by atoms with van der Waals surface area (Å²) < 4.78 is 50.3. The predicted octanol–water partition coefficient (Wildman–Crippen LogP) is -0.941. The number of rotatable bonds is 6. The fraction of sp³-hybridized carbons (Fsp3) is 0.875. The molecule has 17 heavy (non-hydrogen) atoms. The second kappa shape index (κ2) is 5.78. The van der Waals surface area contributed by atoms with Crippen LogP contribution < -0.4 is 0 Å². The monoisotopic (exact) mass is 287 g/mol. The van der Waals surface area contributed by atoms with Crippen LogP contribution in [0.3, 0.4) is 0 Å². The third-order valence-corrected chi connectivity index (χ3v) is 5.98. The molecular formula is C8H17NO6S2. The van der Waals surface area contributed by atoms with Crippen LogP contribution in [0.25, 0.3) is 0 Å². The average molecular weight is 287 g/mol. The lowest BCUT2D eigenvalue weighted by molar-refractivity contribution is -0.144. The van der Waals surface area contributed by atoms with Gasteiger partial charge in [0.1, 0.15) is 0 Å². The van der Waals surface area contributed by atoms with Crippen LogP contribution in [-0.4, -0.2) is 59.2 Å². The quantitative estimate of drug-likeness (QED) is 0.585. The van der Waals surface area contributed by atoms with Crippen molar-refractivity contribution < 1.29 is 26.4 Å². The number of sulfonamides is 1. The Morgan fingerprint density at radius 2 is 1.76 bits per heavy atom. The fourth-order valence-electron chi connectivity index (χ4n) is 1.14. The van der Waals surface area contributed by atoms with Gasteiger partial charge in [0.2, 0.25) is 10.0 Å². The van der Waals surface area contributed by atoms with Crippen LogP contribution >= 0.6 is 0 Å². The van der Waals surface area contributed by atoms with Crippen LogP contribution in [0.1, 0.15) is 6.92 Å². The first-order valence-corrected chi connectivity index (χ1v) is 8.36. The summed E-state index contributed by atoms with van der Waals surface area (Å²) in [6, 6.07) is 0. The van der Waals surface area contributed by atoms with E-state index >= 15 is 0 Å². The number of methoxy groups -OCH3 is 1. The van der Waals surface area contributed by atoms with Gasteiger partial charge in [-0.15, -0.1) is 0 Å². The number of nitrogens with zero attached hydrogens (tertiary/aromatic N) is 1. The first kappa shape index (κ1) is 16.3. The molecule has 0 saturated heterocycles. The zero-order chi connectivity index (χ0) is 13.9. The van der Waals surface area contributed by atoms with Gasteiger partial charge >= 0.3 is 5.97 Å². The van der Waals surface area contributed by atoms with Gasteiger partial charge in [0, 0.05) is 19.8 Å². The zero-order valence-corrected chi connectivity index (χ0v) is 11.8. The number of esters is 1. The van der Waals surface area contributed by atoms with E-state index in [-0.39, 0.29) is 6.54 Å². The highest BCUT2D eigenvalue weighted by atomic mass is 32.3. The molecule has 0 amide bonds. The van der Waals surface area contributed by atoms with Gasteiger partial charge in [-0.3, -0.25) is 4.79 Å². The summed E-state index contributed by atoms with van der Waals surface area (Å²) in [5, 5.41) is -0.968. The normalized spacial score (nSPS) is 14.6. The summed E-state index contributed by atoms with van der Waals surface area (Å²) >= 11 is 0. The lowest BCUT2D eigenvalue weighted by Gasteiger charge is -2.19. The number of ether oxygens (including phenoxy) is 1. The van der Waals surface area contributed by atoms with Crippen molar-refractivity contribution in [2.75, 3.05) is 32.0 Å². The third kappa shape index (κ3) is 5.99. The zero-order valence-electron chi connectivity index (χ0n) is 10.2. The average Bonchev–Trinajstić information content (AvgIpc) is 2.12. The number of carbonyl (C=O) groups is 1. The van der Waals surface area contributed by atoms with Gasteiger partial charge in [-0.2, -0.15) is 0 Å². The van der Waals surface area contributed by atoms with E-state index in [0.29, 0.717) is 0 Å². The molecule has 0 heterocycles. The largest absolute Gasteiger partial charge is 0.469 e. The highest BCUT2D eigenvalue weighted by Gasteiger charge is 2.26. The Labute approximate surface area is 102 Å². The molecule has 0 rings (SSSR count). The summed E-state index contributed by atoms with van der Waals surface area (Å²) in [6.07, 6.45) is 0.835. The van der Waals surface area contributed by atoms with E-state index in [1.165, 1.54) is 21.1 Å². The fourth-order valence-corrected chi connectivity index (χ4v) is 4.47. The van der Waals surface area contributed by atoms with Crippen LogP contribution in [-0.2, 0) is 29.4 Å². The molecule has 0 saturated carbocycles. The minimum atomic E-state index is -3.92. The Morgan fingerprint density at radius 1 is 1.29 bits per heavy atom. The summed E-state index contributed by atoms with van der Waals surface area (Å²) in [5.74, 6) is -1.20. The van der Waals surface area contributed by atoms with Crippen LogP contribution in [0.5, 0.6) is 0 Å². The first-order chi connectivity index (χ1) is 7.49. The molecule has 0 aliphatic carbocycles. The van der Waals surface area contributed by atoms with E-state index in [1.807, 2.05) is 0 Å². The van der Waals surface area contributed by atoms with Crippen molar-refractivity contribution >= 4 is 25.8 Å². The van der Waals surface area contributed by atoms with E-state index in [1.54, 1.807) is 0 Å². The summed E-state index contributed by atoms with van der Waals surface area (Å²) in [7, 11) is -5.13. The van der Waals surface area contributed by atoms with Gasteiger partial charge in [0.15, 0.2) is 14.9 Å². The lowest BCUT2D eigenvalue weighted by atomic mass is 10.2. The van der Waals surface area contributed by atoms with Crippen molar-refractivity contribution in [1.29, 1.82) is 0 Å². The maximum Gasteiger partial charge on any atom is 0.309 e. The van der Waals surface area contributed by atoms with Gasteiger partial charge in [0.05, 0.1) is 13.0 Å². The second-order valence-corrected chi connectivity index (χ2v) is 8.44. The molecule has 0 aliphatic heterocycles. The first-order valence-electron chi connectivity index (χ1n) is 4.69. The Hall–Kier alpha value is -0.670. The molecule has 0 aromatic carbocycles. The molecule has 0 fully saturated rings. The molecule has 0 aromatic heterocycles. The molecule has 0 aromatic rings. The van der Waals surface area contributed by atoms with E-state index in [9.17, 15) is 21.6 Å². The smallest absolute Gasteiger partial charge is 0.309 e. The van der Waals surface area contributed by atoms with E-state index in [4.69, 9.17) is 0 Å². The Bertz CT molecular complexity index is 466. The van der Waals surface area contributed by atoms with Gasteiger partial charge in [-0.1, -0.05) is 6.92 Å². The highest BCUT2D eigenvalue weighted by Crippen LogP contribution is 2.07. The summed E-state index contributed by atoms with van der Waals surface area (Å²) in [6.45, 7) is 1.38. The van der Waals surface area contributed by atoms with Crippen LogP contribution in [0.2, 0.25) is 0 Å². The standard InChI is InChI=1S/C8H17NO6S2/c1-7(8(10)15-3)5-9(2)17(13,14)6-16(4,11)12/h7H,5-6H2,1-4H3. The second-order valence-electron chi connectivity index (χ2n) is 3.86.